The molecule has 1 heterocycles. The average Bonchev–Trinajstić information content (AvgIpc) is 2.93. The minimum atomic E-state index is -1.11. The molecule has 1 aromatic carbocycles. The highest BCUT2D eigenvalue weighted by molar-refractivity contribution is 5.85. The average molecular weight is 275 g/mol. The number of rotatable bonds is 7. The zero-order valence-corrected chi connectivity index (χ0v) is 11.3. The van der Waals surface area contributed by atoms with Gasteiger partial charge in [-0.25, -0.2) is 4.79 Å². The van der Waals surface area contributed by atoms with Gasteiger partial charge in [0.2, 0.25) is 0 Å². The van der Waals surface area contributed by atoms with Crippen LogP contribution in [0.3, 0.4) is 0 Å². The molecule has 106 valence electrons. The highest BCUT2D eigenvalue weighted by Crippen LogP contribution is 2.16. The number of hydrogen-bond donors (Lipinski definition) is 1. The topological polar surface area (TPSA) is 72.6 Å². The highest BCUT2D eigenvalue weighted by Gasteiger charge is 2.10. The van der Waals surface area contributed by atoms with Crippen molar-refractivity contribution in [3.63, 3.8) is 0 Å². The second-order valence-electron chi connectivity index (χ2n) is 4.52. The van der Waals surface area contributed by atoms with E-state index in [9.17, 15) is 4.79 Å². The summed E-state index contributed by atoms with van der Waals surface area (Å²) in [7, 11) is 0. The number of ether oxygens (including phenoxy) is 1. The third kappa shape index (κ3) is 3.85. The lowest BCUT2D eigenvalue weighted by Gasteiger charge is -2.05. The Bertz CT molecular complexity index is 560. The van der Waals surface area contributed by atoms with Gasteiger partial charge >= 0.3 is 5.97 Å². The molecule has 5 nitrogen and oxygen atoms in total. The molecule has 0 bridgehead atoms. The Labute approximate surface area is 117 Å². The molecule has 0 atom stereocenters. The predicted octanol–water partition coefficient (Wildman–Crippen LogP) is 3.29. The first kappa shape index (κ1) is 14.1. The Morgan fingerprint density at radius 2 is 2.10 bits per heavy atom. The van der Waals surface area contributed by atoms with Crippen molar-refractivity contribution in [2.75, 3.05) is 0 Å². The van der Waals surface area contributed by atoms with Gasteiger partial charge in [-0.3, -0.25) is 0 Å². The van der Waals surface area contributed by atoms with Gasteiger partial charge in [0, 0.05) is 6.07 Å². The van der Waals surface area contributed by atoms with Crippen molar-refractivity contribution in [3.8, 4) is 5.75 Å². The minimum absolute atomic E-state index is 0.112. The molecule has 1 N–H and O–H groups in total. The largest absolute Gasteiger partial charge is 0.486 e. The van der Waals surface area contributed by atoms with Crippen LogP contribution in [-0.4, -0.2) is 16.2 Å². The van der Waals surface area contributed by atoms with Crippen molar-refractivity contribution < 1.29 is 19.2 Å². The molecule has 0 aliphatic heterocycles. The lowest BCUT2D eigenvalue weighted by Crippen LogP contribution is -1.96. The maximum Gasteiger partial charge on any atom is 0.358 e. The fraction of sp³-hybridized carbons (Fsp3) is 0.333. The van der Waals surface area contributed by atoms with Gasteiger partial charge in [0.15, 0.2) is 11.5 Å². The minimum Gasteiger partial charge on any atom is -0.486 e. The van der Waals surface area contributed by atoms with Gasteiger partial charge in [-0.05, 0) is 30.5 Å². The molecule has 0 unspecified atom stereocenters. The van der Waals surface area contributed by atoms with Gasteiger partial charge in [-0.15, -0.1) is 0 Å². The van der Waals surface area contributed by atoms with Crippen molar-refractivity contribution in [1.82, 2.24) is 5.16 Å². The van der Waals surface area contributed by atoms with Gasteiger partial charge in [-0.2, -0.15) is 0 Å². The Kier molecular flexibility index (Phi) is 4.76. The highest BCUT2D eigenvalue weighted by atomic mass is 16.5. The number of carboxylic acids is 1. The summed E-state index contributed by atoms with van der Waals surface area (Å²) in [5.74, 6) is -0.00346. The first-order valence-electron chi connectivity index (χ1n) is 6.59. The summed E-state index contributed by atoms with van der Waals surface area (Å²) in [5.41, 5.74) is 1.17. The van der Waals surface area contributed by atoms with Gasteiger partial charge in [-0.1, -0.05) is 30.6 Å². The summed E-state index contributed by atoms with van der Waals surface area (Å²) < 4.78 is 10.4. The molecule has 0 fully saturated rings. The first-order chi connectivity index (χ1) is 9.69. The number of unbranched alkanes of at least 4 members (excludes halogenated alkanes) is 1. The van der Waals surface area contributed by atoms with Crippen LogP contribution in [0.1, 0.15) is 41.6 Å². The van der Waals surface area contributed by atoms with Crippen LogP contribution >= 0.6 is 0 Å². The summed E-state index contributed by atoms with van der Waals surface area (Å²) >= 11 is 0. The Balaban J connectivity index is 1.88. The van der Waals surface area contributed by atoms with E-state index in [-0.39, 0.29) is 12.3 Å². The third-order valence-corrected chi connectivity index (χ3v) is 2.90. The van der Waals surface area contributed by atoms with Crippen molar-refractivity contribution in [2.45, 2.75) is 32.8 Å². The van der Waals surface area contributed by atoms with Crippen LogP contribution in [0.5, 0.6) is 5.75 Å². The summed E-state index contributed by atoms with van der Waals surface area (Å²) in [6.07, 6.45) is 3.42. The van der Waals surface area contributed by atoms with E-state index in [0.29, 0.717) is 5.76 Å². The summed E-state index contributed by atoms with van der Waals surface area (Å²) in [5, 5.41) is 12.1. The number of benzene rings is 1. The van der Waals surface area contributed by atoms with Crippen molar-refractivity contribution in [3.05, 3.63) is 47.3 Å². The maximum atomic E-state index is 10.6. The van der Waals surface area contributed by atoms with E-state index >= 15 is 0 Å². The van der Waals surface area contributed by atoms with E-state index in [4.69, 9.17) is 14.4 Å². The summed E-state index contributed by atoms with van der Waals surface area (Å²) in [6.45, 7) is 2.33. The Hall–Kier alpha value is -2.30. The maximum absolute atomic E-state index is 10.6. The van der Waals surface area contributed by atoms with E-state index in [1.807, 2.05) is 24.3 Å². The van der Waals surface area contributed by atoms with E-state index < -0.39 is 5.97 Å². The third-order valence-electron chi connectivity index (χ3n) is 2.90. The van der Waals surface area contributed by atoms with Crippen LogP contribution in [0, 0.1) is 0 Å². The molecule has 20 heavy (non-hydrogen) atoms. The SMILES string of the molecule is CCCCc1ccc(OCc2cc(C(=O)O)no2)cc1. The van der Waals surface area contributed by atoms with Crippen LogP contribution in [-0.2, 0) is 13.0 Å². The summed E-state index contributed by atoms with van der Waals surface area (Å²) in [4.78, 5) is 10.6. The molecule has 2 aromatic rings. The fourth-order valence-electron chi connectivity index (χ4n) is 1.77. The van der Waals surface area contributed by atoms with Crippen molar-refractivity contribution in [1.29, 1.82) is 0 Å². The monoisotopic (exact) mass is 275 g/mol. The van der Waals surface area contributed by atoms with E-state index in [1.165, 1.54) is 24.5 Å². The van der Waals surface area contributed by atoms with Crippen LogP contribution in [0.25, 0.3) is 0 Å². The number of aromatic nitrogens is 1. The molecule has 0 amide bonds. The molecule has 0 aliphatic carbocycles. The van der Waals surface area contributed by atoms with Crippen LogP contribution in [0.4, 0.5) is 0 Å². The van der Waals surface area contributed by atoms with Gasteiger partial charge in [0.25, 0.3) is 0 Å². The fourth-order valence-corrected chi connectivity index (χ4v) is 1.77. The van der Waals surface area contributed by atoms with Crippen LogP contribution < -0.4 is 4.74 Å². The lowest BCUT2D eigenvalue weighted by atomic mass is 10.1. The zero-order chi connectivity index (χ0) is 14.4. The van der Waals surface area contributed by atoms with Crippen LogP contribution in [0.2, 0.25) is 0 Å². The Morgan fingerprint density at radius 3 is 2.70 bits per heavy atom. The molecule has 0 aliphatic rings. The van der Waals surface area contributed by atoms with Crippen molar-refractivity contribution >= 4 is 5.97 Å². The second-order valence-corrected chi connectivity index (χ2v) is 4.52. The summed E-state index contributed by atoms with van der Waals surface area (Å²) in [6, 6.07) is 9.24. The molecule has 5 heteroatoms. The van der Waals surface area contributed by atoms with Gasteiger partial charge in [0.05, 0.1) is 0 Å². The number of hydrogen-bond acceptors (Lipinski definition) is 4. The molecule has 0 spiro atoms. The molecule has 2 rings (SSSR count). The number of aromatic carboxylic acids is 1. The molecular formula is C15H17NO4. The Morgan fingerprint density at radius 1 is 1.35 bits per heavy atom. The first-order valence-corrected chi connectivity index (χ1v) is 6.59. The molecule has 0 saturated carbocycles. The van der Waals surface area contributed by atoms with E-state index in [1.54, 1.807) is 0 Å². The van der Waals surface area contributed by atoms with Crippen LogP contribution in [0.15, 0.2) is 34.9 Å². The normalized spacial score (nSPS) is 10.4. The molecule has 1 aromatic heterocycles. The molecular weight excluding hydrogens is 258 g/mol. The number of carboxylic acid groups (broad SMARTS) is 1. The number of carbonyl (C=O) groups is 1. The quantitative estimate of drug-likeness (QED) is 0.839. The second kappa shape index (κ2) is 6.75. The number of aryl methyl sites for hydroxylation is 1. The van der Waals surface area contributed by atoms with Gasteiger partial charge in [0.1, 0.15) is 12.4 Å². The molecule has 0 radical (unpaired) electrons. The van der Waals surface area contributed by atoms with Gasteiger partial charge < -0.3 is 14.4 Å². The standard InChI is InChI=1S/C15H17NO4/c1-2-3-4-11-5-7-12(8-6-11)19-10-13-9-14(15(17)18)16-20-13/h5-9H,2-4,10H2,1H3,(H,17,18). The molecule has 0 saturated heterocycles. The predicted molar refractivity (Wildman–Crippen MR) is 72.8 cm³/mol. The smallest absolute Gasteiger partial charge is 0.358 e. The zero-order valence-electron chi connectivity index (χ0n) is 11.3. The van der Waals surface area contributed by atoms with E-state index in [0.717, 1.165) is 12.2 Å². The number of nitrogens with zero attached hydrogens (tertiary/aromatic N) is 1. The van der Waals surface area contributed by atoms with Crippen molar-refractivity contribution in [2.24, 2.45) is 0 Å². The van der Waals surface area contributed by atoms with E-state index in [2.05, 4.69) is 12.1 Å². The lowest BCUT2D eigenvalue weighted by molar-refractivity contribution is 0.0685.